The van der Waals surface area contributed by atoms with Crippen LogP contribution < -0.4 is 5.32 Å². The number of amides is 2. The molecule has 18 heavy (non-hydrogen) atoms. The zero-order chi connectivity index (χ0) is 13.9. The van der Waals surface area contributed by atoms with E-state index in [1.165, 1.54) is 0 Å². The van der Waals surface area contributed by atoms with Crippen LogP contribution in [0.25, 0.3) is 0 Å². The van der Waals surface area contributed by atoms with Gasteiger partial charge >= 0.3 is 6.09 Å². The molecular formula is C12H19N3O3. The van der Waals surface area contributed by atoms with E-state index >= 15 is 0 Å². The SMILES string of the molecule is CC(C)(C)N(C(=O)O)C(C#N)C[C@@H]1CCNC1=O. The number of carbonyl (C=O) groups excluding carboxylic acids is 1. The van der Waals surface area contributed by atoms with Crippen molar-refractivity contribution < 1.29 is 14.7 Å². The molecule has 1 unspecified atom stereocenters. The molecule has 2 N–H and O–H groups in total. The maximum atomic E-state index is 11.5. The summed E-state index contributed by atoms with van der Waals surface area (Å²) in [6, 6.07) is 1.21. The number of nitriles is 1. The second kappa shape index (κ2) is 5.25. The Balaban J connectivity index is 2.84. The normalized spacial score (nSPS) is 21.0. The Bertz CT molecular complexity index is 381. The third-order valence-corrected chi connectivity index (χ3v) is 3.06. The van der Waals surface area contributed by atoms with Crippen molar-refractivity contribution in [3.05, 3.63) is 0 Å². The van der Waals surface area contributed by atoms with Crippen molar-refractivity contribution in [2.24, 2.45) is 5.92 Å². The summed E-state index contributed by atoms with van der Waals surface area (Å²) in [7, 11) is 0. The summed E-state index contributed by atoms with van der Waals surface area (Å²) in [6.45, 7) is 5.81. The van der Waals surface area contributed by atoms with Gasteiger partial charge in [0.2, 0.25) is 5.91 Å². The Morgan fingerprint density at radius 1 is 1.67 bits per heavy atom. The van der Waals surface area contributed by atoms with Crippen LogP contribution in [0.15, 0.2) is 0 Å². The van der Waals surface area contributed by atoms with Crippen LogP contribution in [0.1, 0.15) is 33.6 Å². The van der Waals surface area contributed by atoms with E-state index in [4.69, 9.17) is 5.26 Å². The first-order chi connectivity index (χ1) is 8.27. The van der Waals surface area contributed by atoms with Gasteiger partial charge in [-0.2, -0.15) is 5.26 Å². The lowest BCUT2D eigenvalue weighted by molar-refractivity contribution is -0.122. The molecule has 100 valence electrons. The number of carboxylic acid groups (broad SMARTS) is 1. The molecule has 0 spiro atoms. The van der Waals surface area contributed by atoms with Gasteiger partial charge in [-0.15, -0.1) is 0 Å². The van der Waals surface area contributed by atoms with Crippen molar-refractivity contribution in [3.63, 3.8) is 0 Å². The standard InChI is InChI=1S/C12H19N3O3/c1-12(2,3)15(11(17)18)9(7-13)6-8-4-5-14-10(8)16/h8-9H,4-6H2,1-3H3,(H,14,16)(H,17,18)/t8-,9?/m0/s1. The van der Waals surface area contributed by atoms with E-state index in [2.05, 4.69) is 5.32 Å². The molecule has 6 nitrogen and oxygen atoms in total. The molecule has 0 aromatic carbocycles. The van der Waals surface area contributed by atoms with E-state index in [-0.39, 0.29) is 18.2 Å². The van der Waals surface area contributed by atoms with Gasteiger partial charge in [0.05, 0.1) is 6.07 Å². The lowest BCUT2D eigenvalue weighted by atomic mass is 9.95. The number of hydrogen-bond acceptors (Lipinski definition) is 3. The summed E-state index contributed by atoms with van der Waals surface area (Å²) in [5, 5.41) is 21.1. The van der Waals surface area contributed by atoms with Gasteiger partial charge in [-0.25, -0.2) is 4.79 Å². The minimum Gasteiger partial charge on any atom is -0.465 e. The summed E-state index contributed by atoms with van der Waals surface area (Å²) >= 11 is 0. The third kappa shape index (κ3) is 3.13. The van der Waals surface area contributed by atoms with Crippen molar-refractivity contribution in [1.82, 2.24) is 10.2 Å². The van der Waals surface area contributed by atoms with Crippen molar-refractivity contribution in [3.8, 4) is 6.07 Å². The number of nitrogens with one attached hydrogen (secondary N) is 1. The maximum absolute atomic E-state index is 11.5. The van der Waals surface area contributed by atoms with Gasteiger partial charge < -0.3 is 10.4 Å². The maximum Gasteiger partial charge on any atom is 0.408 e. The molecule has 2 atom stereocenters. The second-order valence-corrected chi connectivity index (χ2v) is 5.48. The van der Waals surface area contributed by atoms with Gasteiger partial charge in [0.15, 0.2) is 0 Å². The Morgan fingerprint density at radius 2 is 2.28 bits per heavy atom. The van der Waals surface area contributed by atoms with Crippen LogP contribution in [0.3, 0.4) is 0 Å². The molecule has 0 bridgehead atoms. The van der Waals surface area contributed by atoms with Crippen molar-refractivity contribution in [1.29, 1.82) is 5.26 Å². The molecule has 1 aliphatic heterocycles. The van der Waals surface area contributed by atoms with Crippen LogP contribution in [0.5, 0.6) is 0 Å². The van der Waals surface area contributed by atoms with Crippen molar-refractivity contribution in [2.45, 2.75) is 45.2 Å². The molecule has 6 heteroatoms. The summed E-state index contributed by atoms with van der Waals surface area (Å²) in [4.78, 5) is 23.9. The topological polar surface area (TPSA) is 93.4 Å². The third-order valence-electron chi connectivity index (χ3n) is 3.06. The quantitative estimate of drug-likeness (QED) is 0.789. The predicted octanol–water partition coefficient (Wildman–Crippen LogP) is 1.18. The summed E-state index contributed by atoms with van der Waals surface area (Å²) < 4.78 is 0. The fourth-order valence-corrected chi connectivity index (χ4v) is 2.24. The summed E-state index contributed by atoms with van der Waals surface area (Å²) in [6.07, 6.45) is -0.215. The molecule has 0 aromatic rings. The molecule has 1 aliphatic rings. The van der Waals surface area contributed by atoms with Crippen LogP contribution in [-0.4, -0.2) is 40.1 Å². The first-order valence-corrected chi connectivity index (χ1v) is 5.97. The van der Waals surface area contributed by atoms with Crippen LogP contribution in [0.4, 0.5) is 4.79 Å². The fraction of sp³-hybridized carbons (Fsp3) is 0.750. The van der Waals surface area contributed by atoms with E-state index in [1.54, 1.807) is 20.8 Å². The van der Waals surface area contributed by atoms with E-state index < -0.39 is 17.7 Å². The number of rotatable bonds is 3. The monoisotopic (exact) mass is 253 g/mol. The average Bonchev–Trinajstić information content (AvgIpc) is 2.60. The predicted molar refractivity (Wildman–Crippen MR) is 64.8 cm³/mol. The zero-order valence-corrected chi connectivity index (χ0v) is 10.9. The molecule has 2 amide bonds. The summed E-state index contributed by atoms with van der Waals surface area (Å²) in [5.41, 5.74) is -0.665. The highest BCUT2D eigenvalue weighted by Gasteiger charge is 2.37. The number of hydrogen-bond donors (Lipinski definition) is 2. The highest BCUT2D eigenvalue weighted by molar-refractivity contribution is 5.80. The second-order valence-electron chi connectivity index (χ2n) is 5.48. The summed E-state index contributed by atoms with van der Waals surface area (Å²) in [5.74, 6) is -0.353. The number of nitrogens with zero attached hydrogens (tertiary/aromatic N) is 2. The van der Waals surface area contributed by atoms with Crippen molar-refractivity contribution >= 4 is 12.0 Å². The smallest absolute Gasteiger partial charge is 0.408 e. The van der Waals surface area contributed by atoms with E-state index in [0.717, 1.165) is 4.90 Å². The van der Waals surface area contributed by atoms with Gasteiger partial charge in [0.1, 0.15) is 6.04 Å². The Kier molecular flexibility index (Phi) is 4.17. The van der Waals surface area contributed by atoms with E-state index in [0.29, 0.717) is 13.0 Å². The average molecular weight is 253 g/mol. The van der Waals surface area contributed by atoms with Crippen LogP contribution in [-0.2, 0) is 4.79 Å². The molecular weight excluding hydrogens is 234 g/mol. The molecule has 1 heterocycles. The first kappa shape index (κ1) is 14.3. The van der Waals surface area contributed by atoms with Crippen molar-refractivity contribution in [2.75, 3.05) is 6.54 Å². The largest absolute Gasteiger partial charge is 0.465 e. The van der Waals surface area contributed by atoms with Gasteiger partial charge in [0.25, 0.3) is 0 Å². The highest BCUT2D eigenvalue weighted by atomic mass is 16.4. The lowest BCUT2D eigenvalue weighted by Gasteiger charge is -2.37. The lowest BCUT2D eigenvalue weighted by Crippen LogP contribution is -2.51. The first-order valence-electron chi connectivity index (χ1n) is 5.97. The van der Waals surface area contributed by atoms with Crippen LogP contribution in [0.2, 0.25) is 0 Å². The molecule has 0 aromatic heterocycles. The Morgan fingerprint density at radius 3 is 2.61 bits per heavy atom. The Hall–Kier alpha value is -1.77. The Labute approximate surface area is 107 Å². The van der Waals surface area contributed by atoms with Gasteiger partial charge in [-0.3, -0.25) is 9.69 Å². The fourth-order valence-electron chi connectivity index (χ4n) is 2.24. The minimum absolute atomic E-state index is 0.0884. The molecule has 1 saturated heterocycles. The number of carbonyl (C=O) groups is 2. The molecule has 1 rings (SSSR count). The van der Waals surface area contributed by atoms with E-state index in [1.807, 2.05) is 6.07 Å². The van der Waals surface area contributed by atoms with Crippen LogP contribution >= 0.6 is 0 Å². The van der Waals surface area contributed by atoms with Crippen LogP contribution in [0, 0.1) is 17.2 Å². The van der Waals surface area contributed by atoms with Gasteiger partial charge in [-0.1, -0.05) is 0 Å². The van der Waals surface area contributed by atoms with E-state index in [9.17, 15) is 14.7 Å². The zero-order valence-electron chi connectivity index (χ0n) is 10.9. The van der Waals surface area contributed by atoms with Gasteiger partial charge in [0, 0.05) is 18.0 Å². The molecule has 0 saturated carbocycles. The highest BCUT2D eigenvalue weighted by Crippen LogP contribution is 2.24. The van der Waals surface area contributed by atoms with Gasteiger partial charge in [-0.05, 0) is 33.6 Å². The molecule has 0 aliphatic carbocycles. The minimum atomic E-state index is -1.13. The molecule has 1 fully saturated rings. The molecule has 0 radical (unpaired) electrons.